The zero-order valence-electron chi connectivity index (χ0n) is 42.8. The summed E-state index contributed by atoms with van der Waals surface area (Å²) in [5.74, 6) is -0.773. The number of hydrogen-bond donors (Lipinski definition) is 11. The van der Waals surface area contributed by atoms with Crippen molar-refractivity contribution >= 4 is 5.91 Å². The number of aliphatic hydroxyl groups excluding tert-OH is 10. The molecule has 2 aliphatic heterocycles. The van der Waals surface area contributed by atoms with E-state index in [4.69, 9.17) is 18.9 Å². The second-order valence-electron chi connectivity index (χ2n) is 20.0. The first-order valence-corrected chi connectivity index (χ1v) is 27.6. The van der Waals surface area contributed by atoms with Crippen molar-refractivity contribution in [2.45, 2.75) is 299 Å². The van der Waals surface area contributed by atoms with Crippen LogP contribution < -0.4 is 5.32 Å². The normalized spacial score (nSPS) is 27.1. The highest BCUT2D eigenvalue weighted by Crippen LogP contribution is 2.27. The number of carbonyl (C=O) groups excluding carboxylic acids is 1. The molecule has 0 aliphatic carbocycles. The Kier molecular flexibility index (Phi) is 37.0. The lowest BCUT2D eigenvalue weighted by molar-refractivity contribution is -0.331. The van der Waals surface area contributed by atoms with E-state index in [1.807, 2.05) is 6.08 Å². The van der Waals surface area contributed by atoms with Crippen LogP contribution in [0.3, 0.4) is 0 Å². The SMILES string of the molecule is CCCCCCCCCCCC/C=C/C[C@@H](O)[C@@H](O)[C@H](CO[C@@H]1O[C@H](CO[C@H]2O[C@H](CO)[C@H](O)[C@H](O)[C@H]2O)[C@@H](O)[C@H](O)[C@H]1O)NC(=O)[C@H](O)CCCCCCCCCCCCCCCCCCCC. The molecule has 0 saturated carbocycles. The smallest absolute Gasteiger partial charge is 0.249 e. The standard InChI is InChI=1S/C53H101NO15/c1-3-5-7-9-11-13-15-17-18-19-20-21-23-25-27-29-31-33-35-41(57)51(65)54-39(44(58)40(56)34-32-30-28-26-24-22-16-14-12-10-8-6-4-2)37-66-52-50(64)48(62)46(60)43(69-52)38-67-53-49(63)47(61)45(59)42(36-55)68-53/h30,32,39-50,52-53,55-64H,3-29,31,33-38H2,1-2H3,(H,54,65)/b32-30+/t39-,40+,41+,42+,43+,44-,45-,46+,47-,48-,49+,50+,52+,53-/m0/s1. The molecule has 0 bridgehead atoms. The molecule has 1 amide bonds. The highest BCUT2D eigenvalue weighted by molar-refractivity contribution is 5.80. The van der Waals surface area contributed by atoms with Gasteiger partial charge in [0.2, 0.25) is 5.91 Å². The van der Waals surface area contributed by atoms with Crippen LogP contribution in [0.25, 0.3) is 0 Å². The van der Waals surface area contributed by atoms with Crippen LogP contribution in [0.1, 0.15) is 213 Å². The van der Waals surface area contributed by atoms with Gasteiger partial charge in [0, 0.05) is 0 Å². The van der Waals surface area contributed by atoms with Gasteiger partial charge in [-0.1, -0.05) is 199 Å². The van der Waals surface area contributed by atoms with E-state index >= 15 is 0 Å². The van der Waals surface area contributed by atoms with Crippen LogP contribution in [0.2, 0.25) is 0 Å². The van der Waals surface area contributed by atoms with Gasteiger partial charge in [0.15, 0.2) is 12.6 Å². The Bertz CT molecular complexity index is 1250. The van der Waals surface area contributed by atoms with Crippen LogP contribution in [0.5, 0.6) is 0 Å². The van der Waals surface area contributed by atoms with Gasteiger partial charge < -0.3 is 75.3 Å². The quantitative estimate of drug-likeness (QED) is 0.0252. The Hall–Kier alpha value is -1.35. The molecule has 0 aromatic rings. The van der Waals surface area contributed by atoms with Crippen molar-refractivity contribution in [3.8, 4) is 0 Å². The van der Waals surface area contributed by atoms with Crippen LogP contribution in [0.4, 0.5) is 0 Å². The van der Waals surface area contributed by atoms with Gasteiger partial charge in [0.25, 0.3) is 0 Å². The first kappa shape index (κ1) is 63.8. The molecule has 2 fully saturated rings. The van der Waals surface area contributed by atoms with Crippen molar-refractivity contribution in [1.82, 2.24) is 5.32 Å². The van der Waals surface area contributed by atoms with Crippen LogP contribution in [0.15, 0.2) is 12.2 Å². The number of allylic oxidation sites excluding steroid dienone is 1. The molecule has 0 aromatic carbocycles. The number of ether oxygens (including phenoxy) is 4. The van der Waals surface area contributed by atoms with Gasteiger partial charge in [-0.2, -0.15) is 0 Å². The summed E-state index contributed by atoms with van der Waals surface area (Å²) in [5, 5.41) is 108. The molecule has 0 radical (unpaired) electrons. The van der Waals surface area contributed by atoms with Gasteiger partial charge in [-0.05, 0) is 25.7 Å². The highest BCUT2D eigenvalue weighted by atomic mass is 16.7. The average Bonchev–Trinajstić information content (AvgIpc) is 3.34. The number of aliphatic hydroxyl groups is 10. The Morgan fingerprint density at radius 3 is 1.39 bits per heavy atom. The molecule has 2 rings (SSSR count). The molecule has 0 spiro atoms. The van der Waals surface area contributed by atoms with E-state index in [1.54, 1.807) is 6.08 Å². The fraction of sp³-hybridized carbons (Fsp3) is 0.943. The summed E-state index contributed by atoms with van der Waals surface area (Å²) in [6.45, 7) is 2.65. The van der Waals surface area contributed by atoms with Gasteiger partial charge in [0.05, 0.1) is 32.0 Å². The molecule has 11 N–H and O–H groups in total. The minimum atomic E-state index is -1.83. The van der Waals surface area contributed by atoms with E-state index in [0.29, 0.717) is 6.42 Å². The molecule has 0 unspecified atom stereocenters. The number of amides is 1. The van der Waals surface area contributed by atoms with Crippen molar-refractivity contribution in [2.75, 3.05) is 19.8 Å². The number of nitrogens with one attached hydrogen (secondary N) is 1. The van der Waals surface area contributed by atoms with Gasteiger partial charge in [0.1, 0.15) is 61.0 Å². The fourth-order valence-corrected chi connectivity index (χ4v) is 9.17. The van der Waals surface area contributed by atoms with Gasteiger partial charge in [-0.25, -0.2) is 0 Å². The number of carbonyl (C=O) groups is 1. The molecule has 16 heteroatoms. The zero-order chi connectivity index (χ0) is 50.7. The number of unbranched alkanes of at least 4 members (excludes halogenated alkanes) is 27. The Labute approximate surface area is 415 Å². The van der Waals surface area contributed by atoms with Crippen LogP contribution in [0, 0.1) is 0 Å². The van der Waals surface area contributed by atoms with Crippen molar-refractivity contribution < 1.29 is 74.8 Å². The van der Waals surface area contributed by atoms with E-state index < -0.39 is 111 Å². The molecule has 2 saturated heterocycles. The van der Waals surface area contributed by atoms with E-state index in [2.05, 4.69) is 19.2 Å². The maximum Gasteiger partial charge on any atom is 0.249 e. The molecule has 16 nitrogen and oxygen atoms in total. The lowest BCUT2D eigenvalue weighted by Crippen LogP contribution is -2.62. The summed E-state index contributed by atoms with van der Waals surface area (Å²) in [7, 11) is 0. The zero-order valence-corrected chi connectivity index (χ0v) is 42.8. The van der Waals surface area contributed by atoms with Crippen molar-refractivity contribution in [3.63, 3.8) is 0 Å². The third-order valence-electron chi connectivity index (χ3n) is 13.9. The largest absolute Gasteiger partial charge is 0.394 e. The topological polar surface area (TPSA) is 268 Å². The summed E-state index contributed by atoms with van der Waals surface area (Å²) in [6, 6.07) is -1.30. The first-order chi connectivity index (χ1) is 33.4. The fourth-order valence-electron chi connectivity index (χ4n) is 9.17. The van der Waals surface area contributed by atoms with Crippen LogP contribution >= 0.6 is 0 Å². The summed E-state index contributed by atoms with van der Waals surface area (Å²) in [5.41, 5.74) is 0. The van der Waals surface area contributed by atoms with Crippen LogP contribution in [-0.4, -0.2) is 163 Å². The molecule has 69 heavy (non-hydrogen) atoms. The summed E-state index contributed by atoms with van der Waals surface area (Å²) >= 11 is 0. The predicted molar refractivity (Wildman–Crippen MR) is 266 cm³/mol. The second-order valence-corrected chi connectivity index (χ2v) is 20.0. The van der Waals surface area contributed by atoms with E-state index in [1.165, 1.54) is 141 Å². The molecule has 14 atom stereocenters. The van der Waals surface area contributed by atoms with Gasteiger partial charge >= 0.3 is 0 Å². The Balaban J connectivity index is 1.87. The molecule has 2 aliphatic rings. The van der Waals surface area contributed by atoms with E-state index in [-0.39, 0.29) is 12.8 Å². The molecular formula is C53H101NO15. The van der Waals surface area contributed by atoms with Crippen molar-refractivity contribution in [1.29, 1.82) is 0 Å². The monoisotopic (exact) mass is 992 g/mol. The summed E-state index contributed by atoms with van der Waals surface area (Å²) in [4.78, 5) is 13.3. The molecule has 0 aromatic heterocycles. The minimum absolute atomic E-state index is 0.0674. The molecule has 408 valence electrons. The van der Waals surface area contributed by atoms with Crippen molar-refractivity contribution in [2.24, 2.45) is 0 Å². The first-order valence-electron chi connectivity index (χ1n) is 27.6. The van der Waals surface area contributed by atoms with Crippen LogP contribution in [-0.2, 0) is 23.7 Å². The second kappa shape index (κ2) is 40.1. The van der Waals surface area contributed by atoms with E-state index in [0.717, 1.165) is 38.5 Å². The third-order valence-corrected chi connectivity index (χ3v) is 13.9. The third kappa shape index (κ3) is 27.0. The molecular weight excluding hydrogens is 891 g/mol. The average molecular weight is 992 g/mol. The summed E-state index contributed by atoms with van der Waals surface area (Å²) in [6.07, 6.45) is 18.4. The summed E-state index contributed by atoms with van der Waals surface area (Å²) < 4.78 is 22.4. The maximum absolute atomic E-state index is 13.3. The lowest BCUT2D eigenvalue weighted by Gasteiger charge is -2.43. The van der Waals surface area contributed by atoms with E-state index in [9.17, 15) is 55.9 Å². The predicted octanol–water partition coefficient (Wildman–Crippen LogP) is 5.88. The number of rotatable bonds is 43. The molecule has 2 heterocycles. The Morgan fingerprint density at radius 1 is 0.522 bits per heavy atom. The minimum Gasteiger partial charge on any atom is -0.394 e. The van der Waals surface area contributed by atoms with Gasteiger partial charge in [-0.15, -0.1) is 0 Å². The maximum atomic E-state index is 13.3. The van der Waals surface area contributed by atoms with Crippen molar-refractivity contribution in [3.05, 3.63) is 12.2 Å². The lowest BCUT2D eigenvalue weighted by atomic mass is 9.98. The highest BCUT2D eigenvalue weighted by Gasteiger charge is 2.48. The Morgan fingerprint density at radius 2 is 0.928 bits per heavy atom. The van der Waals surface area contributed by atoms with Gasteiger partial charge in [-0.3, -0.25) is 4.79 Å². The number of hydrogen-bond acceptors (Lipinski definition) is 15.